The smallest absolute Gasteiger partial charge is 0.318 e. The number of hydrogen-bond donors (Lipinski definition) is 1. The van der Waals surface area contributed by atoms with E-state index in [0.29, 0.717) is 19.0 Å². The highest BCUT2D eigenvalue weighted by molar-refractivity contribution is 5.77. The average molecular weight is 365 g/mol. The average Bonchev–Trinajstić information content (AvgIpc) is 2.99. The molecule has 0 saturated heterocycles. The van der Waals surface area contributed by atoms with E-state index in [4.69, 9.17) is 4.98 Å². The predicted molar refractivity (Wildman–Crippen MR) is 107 cm³/mol. The summed E-state index contributed by atoms with van der Waals surface area (Å²) in [4.78, 5) is 23.5. The first-order chi connectivity index (χ1) is 13.0. The molecule has 1 atom stereocenters. The van der Waals surface area contributed by atoms with Gasteiger partial charge in [-0.25, -0.2) is 9.78 Å². The molecule has 2 heterocycles. The summed E-state index contributed by atoms with van der Waals surface area (Å²) in [6.07, 6.45) is 3.51. The van der Waals surface area contributed by atoms with Gasteiger partial charge >= 0.3 is 6.03 Å². The van der Waals surface area contributed by atoms with E-state index in [9.17, 15) is 4.79 Å². The van der Waals surface area contributed by atoms with Crippen LogP contribution in [-0.4, -0.2) is 32.0 Å². The third-order valence-electron chi connectivity index (χ3n) is 4.54. The molecule has 0 aliphatic carbocycles. The van der Waals surface area contributed by atoms with E-state index in [0.717, 1.165) is 22.4 Å². The Bertz CT molecular complexity index is 903. The summed E-state index contributed by atoms with van der Waals surface area (Å²) in [5, 5.41) is 3.11. The number of para-hydroxylation sites is 2. The normalized spacial score (nSPS) is 12.3. The quantitative estimate of drug-likeness (QED) is 0.721. The lowest BCUT2D eigenvalue weighted by atomic mass is 10.2. The minimum absolute atomic E-state index is 0.0833. The van der Waals surface area contributed by atoms with E-state index in [1.165, 1.54) is 0 Å². The Morgan fingerprint density at radius 1 is 1.15 bits per heavy atom. The van der Waals surface area contributed by atoms with Crippen LogP contribution in [0.3, 0.4) is 0 Å². The molecule has 0 unspecified atom stereocenters. The van der Waals surface area contributed by atoms with Gasteiger partial charge in [-0.15, -0.1) is 0 Å². The molecule has 1 N–H and O–H groups in total. The number of aryl methyl sites for hydroxylation is 1. The predicted octanol–water partition coefficient (Wildman–Crippen LogP) is 3.90. The Kier molecular flexibility index (Phi) is 5.74. The summed E-state index contributed by atoms with van der Waals surface area (Å²) in [6.45, 7) is 7.44. The fourth-order valence-electron chi connectivity index (χ4n) is 3.26. The van der Waals surface area contributed by atoms with Crippen molar-refractivity contribution < 1.29 is 4.79 Å². The van der Waals surface area contributed by atoms with Crippen LogP contribution in [-0.2, 0) is 13.6 Å². The standard InChI is InChI=1S/C21H27N5O/c1-15(2)13-26(14-17-9-11-22-12-10-17)21(27)23-16(3)20-24-18-7-5-6-8-19(18)25(20)4/h5-12,15-16H,13-14H2,1-4H3,(H,23,27)/t16-/m1/s1. The van der Waals surface area contributed by atoms with Gasteiger partial charge in [-0.1, -0.05) is 26.0 Å². The SMILES string of the molecule is CC(C)CN(Cc1ccncc1)C(=O)N[C@H](C)c1nc2ccccc2n1C. The van der Waals surface area contributed by atoms with E-state index in [-0.39, 0.29) is 12.1 Å². The highest BCUT2D eigenvalue weighted by Gasteiger charge is 2.21. The van der Waals surface area contributed by atoms with Gasteiger partial charge in [0.1, 0.15) is 5.82 Å². The minimum atomic E-state index is -0.193. The van der Waals surface area contributed by atoms with E-state index in [1.807, 2.05) is 59.8 Å². The number of nitrogens with one attached hydrogen (secondary N) is 1. The summed E-state index contributed by atoms with van der Waals surface area (Å²) >= 11 is 0. The Morgan fingerprint density at radius 2 is 1.85 bits per heavy atom. The lowest BCUT2D eigenvalue weighted by Crippen LogP contribution is -2.42. The fraction of sp³-hybridized carbons (Fsp3) is 0.381. The number of aromatic nitrogens is 3. The van der Waals surface area contributed by atoms with Crippen molar-refractivity contribution in [2.24, 2.45) is 13.0 Å². The first kappa shape index (κ1) is 18.9. The number of pyridine rings is 1. The third-order valence-corrected chi connectivity index (χ3v) is 4.54. The number of amides is 2. The van der Waals surface area contributed by atoms with Crippen molar-refractivity contribution in [3.63, 3.8) is 0 Å². The molecule has 2 aromatic heterocycles. The first-order valence-electron chi connectivity index (χ1n) is 9.31. The van der Waals surface area contributed by atoms with Crippen molar-refractivity contribution in [1.29, 1.82) is 0 Å². The summed E-state index contributed by atoms with van der Waals surface area (Å²) in [7, 11) is 1.98. The van der Waals surface area contributed by atoms with E-state index in [2.05, 4.69) is 24.1 Å². The number of rotatable bonds is 6. The molecule has 1 aromatic carbocycles. The van der Waals surface area contributed by atoms with Crippen molar-refractivity contribution in [1.82, 2.24) is 24.8 Å². The van der Waals surface area contributed by atoms with Gasteiger partial charge in [-0.05, 0) is 42.7 Å². The van der Waals surface area contributed by atoms with E-state index in [1.54, 1.807) is 12.4 Å². The van der Waals surface area contributed by atoms with Crippen molar-refractivity contribution in [2.75, 3.05) is 6.54 Å². The van der Waals surface area contributed by atoms with Gasteiger partial charge in [0.2, 0.25) is 0 Å². The largest absolute Gasteiger partial charge is 0.329 e. The van der Waals surface area contributed by atoms with Gasteiger partial charge in [0.05, 0.1) is 17.1 Å². The number of fused-ring (bicyclic) bond motifs is 1. The highest BCUT2D eigenvalue weighted by Crippen LogP contribution is 2.19. The molecule has 0 spiro atoms. The summed E-state index contributed by atoms with van der Waals surface area (Å²) in [6, 6.07) is 11.6. The zero-order valence-electron chi connectivity index (χ0n) is 16.4. The fourth-order valence-corrected chi connectivity index (χ4v) is 3.26. The summed E-state index contributed by atoms with van der Waals surface area (Å²) in [5.41, 5.74) is 3.06. The topological polar surface area (TPSA) is 63.1 Å². The lowest BCUT2D eigenvalue weighted by molar-refractivity contribution is 0.184. The molecule has 0 aliphatic heterocycles. The zero-order chi connectivity index (χ0) is 19.4. The summed E-state index contributed by atoms with van der Waals surface area (Å²) in [5.74, 6) is 1.22. The van der Waals surface area contributed by atoms with Crippen LogP contribution in [0.4, 0.5) is 4.79 Å². The molecule has 3 rings (SSSR count). The van der Waals surface area contributed by atoms with E-state index >= 15 is 0 Å². The van der Waals surface area contributed by atoms with Crippen molar-refractivity contribution in [2.45, 2.75) is 33.4 Å². The molecule has 3 aromatic rings. The van der Waals surface area contributed by atoms with Crippen LogP contribution in [0.2, 0.25) is 0 Å². The monoisotopic (exact) mass is 365 g/mol. The maximum Gasteiger partial charge on any atom is 0.318 e. The molecule has 0 saturated carbocycles. The van der Waals surface area contributed by atoms with Crippen LogP contribution < -0.4 is 5.32 Å². The molecule has 0 fully saturated rings. The van der Waals surface area contributed by atoms with Crippen LogP contribution in [0.15, 0.2) is 48.8 Å². The van der Waals surface area contributed by atoms with Gasteiger partial charge in [0.15, 0.2) is 0 Å². The van der Waals surface area contributed by atoms with Crippen LogP contribution >= 0.6 is 0 Å². The number of urea groups is 1. The Balaban J connectivity index is 1.76. The number of carbonyl (C=O) groups is 1. The van der Waals surface area contributed by atoms with Gasteiger partial charge in [0, 0.05) is 32.5 Å². The van der Waals surface area contributed by atoms with Crippen LogP contribution in [0.25, 0.3) is 11.0 Å². The highest BCUT2D eigenvalue weighted by atomic mass is 16.2. The van der Waals surface area contributed by atoms with Crippen molar-refractivity contribution in [3.05, 3.63) is 60.2 Å². The molecule has 0 bridgehead atoms. The molecular formula is C21H27N5O. The zero-order valence-corrected chi connectivity index (χ0v) is 16.4. The second-order valence-corrected chi connectivity index (χ2v) is 7.32. The van der Waals surface area contributed by atoms with Gasteiger partial charge in [-0.3, -0.25) is 4.98 Å². The molecule has 6 heteroatoms. The number of nitrogens with zero attached hydrogens (tertiary/aromatic N) is 4. The second kappa shape index (κ2) is 8.20. The van der Waals surface area contributed by atoms with Crippen LogP contribution in [0, 0.1) is 5.92 Å². The van der Waals surface area contributed by atoms with Gasteiger partial charge in [-0.2, -0.15) is 0 Å². The molecule has 27 heavy (non-hydrogen) atoms. The molecule has 2 amide bonds. The Labute approximate surface area is 160 Å². The Hall–Kier alpha value is -2.89. The maximum absolute atomic E-state index is 13.0. The Morgan fingerprint density at radius 3 is 2.52 bits per heavy atom. The van der Waals surface area contributed by atoms with E-state index < -0.39 is 0 Å². The molecule has 142 valence electrons. The second-order valence-electron chi connectivity index (χ2n) is 7.32. The van der Waals surface area contributed by atoms with Crippen molar-refractivity contribution >= 4 is 17.1 Å². The number of hydrogen-bond acceptors (Lipinski definition) is 3. The van der Waals surface area contributed by atoms with Crippen LogP contribution in [0.5, 0.6) is 0 Å². The van der Waals surface area contributed by atoms with Crippen LogP contribution in [0.1, 0.15) is 38.2 Å². The lowest BCUT2D eigenvalue weighted by Gasteiger charge is -2.26. The molecule has 0 aliphatic rings. The van der Waals surface area contributed by atoms with Gasteiger partial charge < -0.3 is 14.8 Å². The molecule has 6 nitrogen and oxygen atoms in total. The van der Waals surface area contributed by atoms with Gasteiger partial charge in [0.25, 0.3) is 0 Å². The third kappa shape index (κ3) is 4.45. The number of benzene rings is 1. The summed E-state index contributed by atoms with van der Waals surface area (Å²) < 4.78 is 2.04. The minimum Gasteiger partial charge on any atom is -0.329 e. The maximum atomic E-state index is 13.0. The first-order valence-corrected chi connectivity index (χ1v) is 9.31. The number of imidazole rings is 1. The number of carbonyl (C=O) groups excluding carboxylic acids is 1. The molecule has 0 radical (unpaired) electrons. The molecular weight excluding hydrogens is 338 g/mol. The van der Waals surface area contributed by atoms with Crippen molar-refractivity contribution in [3.8, 4) is 0 Å².